The second-order valence-corrected chi connectivity index (χ2v) is 2.89. The Labute approximate surface area is 70.3 Å². The van der Waals surface area contributed by atoms with Crippen LogP contribution in [0.2, 0.25) is 0 Å². The first-order valence-electron chi connectivity index (χ1n) is 3.76. The van der Waals surface area contributed by atoms with Crippen LogP contribution >= 0.6 is 0 Å². The van der Waals surface area contributed by atoms with Gasteiger partial charge < -0.3 is 10.4 Å². The molecule has 0 bridgehead atoms. The number of carboxylic acid groups (broad SMARTS) is 1. The Kier molecular flexibility index (Phi) is 2.17. The van der Waals surface area contributed by atoms with Crippen LogP contribution in [0.3, 0.4) is 0 Å². The first-order chi connectivity index (χ1) is 5.63. The second-order valence-electron chi connectivity index (χ2n) is 2.89. The van der Waals surface area contributed by atoms with Crippen LogP contribution in [-0.4, -0.2) is 23.5 Å². The van der Waals surface area contributed by atoms with Gasteiger partial charge in [0.25, 0.3) is 0 Å². The van der Waals surface area contributed by atoms with Crippen LogP contribution in [0.25, 0.3) is 0 Å². The molecule has 0 spiro atoms. The lowest BCUT2D eigenvalue weighted by Gasteiger charge is -2.17. The minimum Gasteiger partial charge on any atom is -0.480 e. The molecule has 1 fully saturated rings. The molecule has 12 heavy (non-hydrogen) atoms. The van der Waals surface area contributed by atoms with E-state index >= 15 is 0 Å². The third-order valence-corrected chi connectivity index (χ3v) is 2.17. The summed E-state index contributed by atoms with van der Waals surface area (Å²) in [6, 6.07) is 0. The van der Waals surface area contributed by atoms with Gasteiger partial charge in [-0.25, -0.2) is 0 Å². The maximum atomic E-state index is 11.2. The van der Waals surface area contributed by atoms with Crippen LogP contribution in [0.15, 0.2) is 12.7 Å². The minimum atomic E-state index is -1.25. The van der Waals surface area contributed by atoms with E-state index in [0.717, 1.165) is 0 Å². The molecule has 0 aliphatic carbocycles. The zero-order chi connectivity index (χ0) is 9.19. The van der Waals surface area contributed by atoms with Crippen LogP contribution < -0.4 is 5.32 Å². The molecule has 1 aliphatic heterocycles. The molecule has 66 valence electrons. The summed E-state index contributed by atoms with van der Waals surface area (Å²) in [4.78, 5) is 22.0. The predicted octanol–water partition coefficient (Wildman–Crippen LogP) is 0.153. The SMILES string of the molecule is C=CC[C@@]1(C(=O)O)CCNC1=O. The van der Waals surface area contributed by atoms with E-state index < -0.39 is 17.3 Å². The summed E-state index contributed by atoms with van der Waals surface area (Å²) in [5, 5.41) is 11.4. The molecule has 1 heterocycles. The molecule has 1 atom stereocenters. The largest absolute Gasteiger partial charge is 0.480 e. The molecule has 4 heteroatoms. The van der Waals surface area contributed by atoms with Crippen molar-refractivity contribution >= 4 is 11.9 Å². The van der Waals surface area contributed by atoms with Gasteiger partial charge in [-0.05, 0) is 12.8 Å². The topological polar surface area (TPSA) is 66.4 Å². The Bertz CT molecular complexity index is 236. The standard InChI is InChI=1S/C8H11NO3/c1-2-3-8(7(11)12)4-5-9-6(8)10/h2H,1,3-5H2,(H,9,10)(H,11,12)/t8-/m1/s1. The highest BCUT2D eigenvalue weighted by Crippen LogP contribution is 2.31. The van der Waals surface area contributed by atoms with E-state index in [1.54, 1.807) is 0 Å². The van der Waals surface area contributed by atoms with Crippen LogP contribution in [0.4, 0.5) is 0 Å². The molecule has 1 saturated heterocycles. The molecule has 0 aromatic rings. The Morgan fingerprint density at radius 2 is 2.50 bits per heavy atom. The molecule has 0 aromatic heterocycles. The van der Waals surface area contributed by atoms with E-state index in [1.807, 2.05) is 0 Å². The lowest BCUT2D eigenvalue weighted by molar-refractivity contribution is -0.153. The van der Waals surface area contributed by atoms with Gasteiger partial charge in [0.2, 0.25) is 5.91 Å². The van der Waals surface area contributed by atoms with Gasteiger partial charge >= 0.3 is 5.97 Å². The highest BCUT2D eigenvalue weighted by molar-refractivity contribution is 6.03. The van der Waals surface area contributed by atoms with Crippen molar-refractivity contribution in [2.75, 3.05) is 6.54 Å². The molecular weight excluding hydrogens is 158 g/mol. The molecule has 2 N–H and O–H groups in total. The summed E-state index contributed by atoms with van der Waals surface area (Å²) in [6.07, 6.45) is 2.03. The number of nitrogens with one attached hydrogen (secondary N) is 1. The summed E-state index contributed by atoms with van der Waals surface area (Å²) in [5.41, 5.74) is -1.25. The normalized spacial score (nSPS) is 28.2. The predicted molar refractivity (Wildman–Crippen MR) is 42.5 cm³/mol. The zero-order valence-corrected chi connectivity index (χ0v) is 6.67. The van der Waals surface area contributed by atoms with Gasteiger partial charge in [-0.2, -0.15) is 0 Å². The van der Waals surface area contributed by atoms with Gasteiger partial charge in [0.05, 0.1) is 0 Å². The third kappa shape index (κ3) is 1.09. The fraction of sp³-hybridized carbons (Fsp3) is 0.500. The molecule has 0 saturated carbocycles. The van der Waals surface area contributed by atoms with Gasteiger partial charge in [-0.1, -0.05) is 6.08 Å². The monoisotopic (exact) mass is 169 g/mol. The number of allylic oxidation sites excluding steroid dienone is 1. The summed E-state index contributed by atoms with van der Waals surface area (Å²) in [5.74, 6) is -1.45. The Balaban J connectivity index is 2.92. The quantitative estimate of drug-likeness (QED) is 0.467. The van der Waals surface area contributed by atoms with Crippen molar-refractivity contribution in [2.45, 2.75) is 12.8 Å². The molecule has 4 nitrogen and oxygen atoms in total. The molecular formula is C8H11NO3. The molecule has 0 unspecified atom stereocenters. The van der Waals surface area contributed by atoms with Crippen LogP contribution in [0.5, 0.6) is 0 Å². The minimum absolute atomic E-state index is 0.203. The van der Waals surface area contributed by atoms with Crippen molar-refractivity contribution in [3.8, 4) is 0 Å². The van der Waals surface area contributed by atoms with E-state index in [0.29, 0.717) is 13.0 Å². The van der Waals surface area contributed by atoms with Gasteiger partial charge in [0.15, 0.2) is 5.41 Å². The fourth-order valence-corrected chi connectivity index (χ4v) is 1.40. The van der Waals surface area contributed by atoms with E-state index in [2.05, 4.69) is 11.9 Å². The van der Waals surface area contributed by atoms with Crippen molar-refractivity contribution in [2.24, 2.45) is 5.41 Å². The summed E-state index contributed by atoms with van der Waals surface area (Å²) >= 11 is 0. The van der Waals surface area contributed by atoms with Crippen molar-refractivity contribution in [1.29, 1.82) is 0 Å². The van der Waals surface area contributed by atoms with Gasteiger partial charge in [0.1, 0.15) is 0 Å². The number of carboxylic acids is 1. The first kappa shape index (κ1) is 8.77. The Hall–Kier alpha value is -1.32. The smallest absolute Gasteiger partial charge is 0.319 e. The number of hydrogen-bond acceptors (Lipinski definition) is 2. The summed E-state index contributed by atoms with van der Waals surface area (Å²) in [6.45, 7) is 3.89. The fourth-order valence-electron chi connectivity index (χ4n) is 1.40. The average Bonchev–Trinajstić information content (AvgIpc) is 2.34. The maximum Gasteiger partial charge on any atom is 0.319 e. The summed E-state index contributed by atoms with van der Waals surface area (Å²) < 4.78 is 0. The number of amides is 1. The van der Waals surface area contributed by atoms with Gasteiger partial charge in [-0.3, -0.25) is 9.59 Å². The third-order valence-electron chi connectivity index (χ3n) is 2.17. The first-order valence-corrected chi connectivity index (χ1v) is 3.76. The van der Waals surface area contributed by atoms with Gasteiger partial charge in [-0.15, -0.1) is 6.58 Å². The van der Waals surface area contributed by atoms with Crippen LogP contribution in [-0.2, 0) is 9.59 Å². The van der Waals surface area contributed by atoms with Crippen molar-refractivity contribution in [1.82, 2.24) is 5.32 Å². The zero-order valence-electron chi connectivity index (χ0n) is 6.67. The van der Waals surface area contributed by atoms with Crippen LogP contribution in [0.1, 0.15) is 12.8 Å². The average molecular weight is 169 g/mol. The van der Waals surface area contributed by atoms with Crippen molar-refractivity contribution in [3.05, 3.63) is 12.7 Å². The van der Waals surface area contributed by atoms with Gasteiger partial charge in [0, 0.05) is 6.54 Å². The number of aliphatic carboxylic acids is 1. The molecule has 0 aromatic carbocycles. The lowest BCUT2D eigenvalue weighted by Crippen LogP contribution is -2.38. The molecule has 0 radical (unpaired) electrons. The van der Waals surface area contributed by atoms with E-state index in [9.17, 15) is 9.59 Å². The Morgan fingerprint density at radius 3 is 2.83 bits per heavy atom. The Morgan fingerprint density at radius 1 is 1.83 bits per heavy atom. The molecule has 1 amide bonds. The highest BCUT2D eigenvalue weighted by atomic mass is 16.4. The van der Waals surface area contributed by atoms with Crippen molar-refractivity contribution < 1.29 is 14.7 Å². The highest BCUT2D eigenvalue weighted by Gasteiger charge is 2.48. The second kappa shape index (κ2) is 2.97. The number of carbonyl (C=O) groups excluding carboxylic acids is 1. The lowest BCUT2D eigenvalue weighted by atomic mass is 9.83. The number of carbonyl (C=O) groups is 2. The van der Waals surface area contributed by atoms with E-state index in [-0.39, 0.29) is 6.42 Å². The number of rotatable bonds is 3. The van der Waals surface area contributed by atoms with Crippen LogP contribution in [0, 0.1) is 5.41 Å². The molecule has 1 rings (SSSR count). The maximum absolute atomic E-state index is 11.2. The molecule has 1 aliphatic rings. The number of hydrogen-bond donors (Lipinski definition) is 2. The summed E-state index contributed by atoms with van der Waals surface area (Å²) in [7, 11) is 0. The van der Waals surface area contributed by atoms with E-state index in [1.165, 1.54) is 6.08 Å². The van der Waals surface area contributed by atoms with Crippen molar-refractivity contribution in [3.63, 3.8) is 0 Å². The van der Waals surface area contributed by atoms with E-state index in [4.69, 9.17) is 5.11 Å².